The van der Waals surface area contributed by atoms with Crippen LogP contribution in [0.5, 0.6) is 0 Å². The average molecular weight is 306 g/mol. The first-order chi connectivity index (χ1) is 6.27. The number of alkyl halides is 1. The van der Waals surface area contributed by atoms with Crippen molar-refractivity contribution in [1.82, 2.24) is 0 Å². The molecule has 0 aliphatic rings. The molecule has 0 N–H and O–H groups in total. The van der Waals surface area contributed by atoms with Gasteiger partial charge in [-0.25, -0.2) is 0 Å². The molecule has 0 saturated heterocycles. The van der Waals surface area contributed by atoms with Gasteiger partial charge in [-0.05, 0) is 12.5 Å². The van der Waals surface area contributed by atoms with Gasteiger partial charge in [0.25, 0.3) is 0 Å². The summed E-state index contributed by atoms with van der Waals surface area (Å²) >= 11 is 15.0. The van der Waals surface area contributed by atoms with E-state index in [1.54, 1.807) is 0 Å². The van der Waals surface area contributed by atoms with Crippen molar-refractivity contribution in [3.8, 4) is 0 Å². The Balaban J connectivity index is 2.84. The van der Waals surface area contributed by atoms with E-state index in [0.717, 1.165) is 11.4 Å². The molecule has 0 atom stereocenters. The van der Waals surface area contributed by atoms with Gasteiger partial charge in [0.1, 0.15) is 0 Å². The Kier molecular flexibility index (Phi) is 12.5. The van der Waals surface area contributed by atoms with Gasteiger partial charge in [-0.15, -0.1) is 0 Å². The Morgan fingerprint density at radius 2 is 1.23 bits per heavy atom. The minimum absolute atomic E-state index is 1.09. The van der Waals surface area contributed by atoms with Crippen LogP contribution in [-0.4, -0.2) is 12.7 Å². The molecule has 0 aliphatic carbocycles. The van der Waals surface area contributed by atoms with E-state index in [9.17, 15) is 0 Å². The zero-order valence-electron chi connectivity index (χ0n) is 8.08. The summed E-state index contributed by atoms with van der Waals surface area (Å²) < 4.78 is 0. The van der Waals surface area contributed by atoms with Crippen molar-refractivity contribution in [1.29, 1.82) is 0 Å². The van der Waals surface area contributed by atoms with E-state index >= 15 is 0 Å². The summed E-state index contributed by atoms with van der Waals surface area (Å²) in [5, 5.41) is 1.15. The first-order valence-electron chi connectivity index (χ1n) is 5.11. The molecule has 0 bridgehead atoms. The zero-order chi connectivity index (χ0) is 9.94. The third kappa shape index (κ3) is 13.3. The molecule has 0 nitrogen and oxygen atoms in total. The van der Waals surface area contributed by atoms with Gasteiger partial charge in [-0.1, -0.05) is 54.5 Å². The van der Waals surface area contributed by atoms with Crippen LogP contribution >= 0.6 is 38.1 Å². The van der Waals surface area contributed by atoms with Gasteiger partial charge in [0.15, 0.2) is 0 Å². The molecule has 13 heavy (non-hydrogen) atoms. The Morgan fingerprint density at radius 3 is 1.69 bits per heavy atom. The van der Waals surface area contributed by atoms with Crippen LogP contribution in [-0.2, 0) is 0 Å². The van der Waals surface area contributed by atoms with Gasteiger partial charge < -0.3 is 0 Å². The number of unbranched alkanes of at least 4 members (excludes halogenated alkanes) is 6. The van der Waals surface area contributed by atoms with Gasteiger partial charge in [0.2, 0.25) is 7.42 Å². The molecular weight excluding hydrogens is 287 g/mol. The van der Waals surface area contributed by atoms with Crippen molar-refractivity contribution in [3.05, 3.63) is 0 Å². The van der Waals surface area contributed by atoms with E-state index in [2.05, 4.69) is 15.9 Å². The fourth-order valence-corrected chi connectivity index (χ4v) is 3.20. The molecule has 0 rings (SSSR count). The summed E-state index contributed by atoms with van der Waals surface area (Å²) in [6.45, 7) is 0. The summed E-state index contributed by atoms with van der Waals surface area (Å²) in [6.07, 6.45) is 9.36. The lowest BCUT2D eigenvalue weighted by molar-refractivity contribution is 0.604. The highest BCUT2D eigenvalue weighted by molar-refractivity contribution is 9.09. The van der Waals surface area contributed by atoms with Gasteiger partial charge in [0, 0.05) is 5.33 Å². The molecule has 0 spiro atoms. The smallest absolute Gasteiger partial charge is 0.150 e. The summed E-state index contributed by atoms with van der Waals surface area (Å²) in [5.41, 5.74) is 0. The van der Waals surface area contributed by atoms with Crippen LogP contribution in [0.2, 0.25) is 6.04 Å². The van der Waals surface area contributed by atoms with Crippen molar-refractivity contribution < 1.29 is 0 Å². The molecule has 0 radical (unpaired) electrons. The SMILES string of the molecule is Cl[SiH](Cl)CCCCCCCCCBr. The van der Waals surface area contributed by atoms with Crippen LogP contribution in [0.25, 0.3) is 0 Å². The van der Waals surface area contributed by atoms with E-state index in [-0.39, 0.29) is 0 Å². The molecule has 0 fully saturated rings. The highest BCUT2D eigenvalue weighted by Crippen LogP contribution is 2.13. The molecule has 0 aromatic carbocycles. The lowest BCUT2D eigenvalue weighted by Gasteiger charge is -2.00. The van der Waals surface area contributed by atoms with Crippen LogP contribution in [0.3, 0.4) is 0 Å². The molecule has 4 heteroatoms. The maximum atomic E-state index is 5.76. The number of halogens is 3. The van der Waals surface area contributed by atoms with E-state index in [1.807, 2.05) is 0 Å². The maximum Gasteiger partial charge on any atom is 0.237 e. The summed E-state index contributed by atoms with van der Waals surface area (Å²) in [6, 6.07) is 1.09. The Labute approximate surface area is 102 Å². The van der Waals surface area contributed by atoms with Crippen molar-refractivity contribution in [2.45, 2.75) is 51.0 Å². The van der Waals surface area contributed by atoms with E-state index in [1.165, 1.54) is 44.9 Å². The Bertz CT molecular complexity index is 102. The van der Waals surface area contributed by atoms with Gasteiger partial charge in [0.05, 0.1) is 0 Å². The maximum absolute atomic E-state index is 5.76. The van der Waals surface area contributed by atoms with Crippen LogP contribution in [0.1, 0.15) is 44.9 Å². The molecule has 0 aromatic rings. The number of rotatable bonds is 9. The molecule has 0 heterocycles. The fourth-order valence-electron chi connectivity index (χ4n) is 1.28. The number of hydrogen-bond donors (Lipinski definition) is 0. The fraction of sp³-hybridized carbons (Fsp3) is 1.00. The quantitative estimate of drug-likeness (QED) is 0.248. The summed E-state index contributed by atoms with van der Waals surface area (Å²) in [5.74, 6) is 0. The molecule has 80 valence electrons. The lowest BCUT2D eigenvalue weighted by Crippen LogP contribution is -1.91. The molecule has 0 amide bonds. The summed E-state index contributed by atoms with van der Waals surface area (Å²) in [7, 11) is -1.30. The number of hydrogen-bond acceptors (Lipinski definition) is 0. The van der Waals surface area contributed by atoms with E-state index < -0.39 is 7.42 Å². The second kappa shape index (κ2) is 11.4. The zero-order valence-corrected chi connectivity index (χ0v) is 12.3. The first-order valence-corrected chi connectivity index (χ1v) is 10.5. The highest BCUT2D eigenvalue weighted by atomic mass is 79.9. The van der Waals surface area contributed by atoms with Crippen LogP contribution in [0.4, 0.5) is 0 Å². The van der Waals surface area contributed by atoms with Crippen molar-refractivity contribution in [3.63, 3.8) is 0 Å². The third-order valence-electron chi connectivity index (χ3n) is 2.06. The van der Waals surface area contributed by atoms with Gasteiger partial charge in [-0.2, -0.15) is 22.2 Å². The summed E-state index contributed by atoms with van der Waals surface area (Å²) in [4.78, 5) is 0. The standard InChI is InChI=1S/C9H19BrCl2Si/c10-8-6-4-2-1-3-5-7-9-13(11)12/h13H,1-9H2. The van der Waals surface area contributed by atoms with Crippen molar-refractivity contribution in [2.75, 3.05) is 5.33 Å². The molecule has 0 unspecified atom stereocenters. The molecule has 0 aliphatic heterocycles. The minimum Gasteiger partial charge on any atom is -0.150 e. The average Bonchev–Trinajstić information content (AvgIpc) is 2.09. The van der Waals surface area contributed by atoms with Crippen LogP contribution in [0.15, 0.2) is 0 Å². The second-order valence-corrected chi connectivity index (χ2v) is 9.33. The predicted octanol–water partition coefficient (Wildman–Crippen LogP) is 4.81. The predicted molar refractivity (Wildman–Crippen MR) is 69.8 cm³/mol. The topological polar surface area (TPSA) is 0 Å². The first kappa shape index (κ1) is 14.3. The van der Waals surface area contributed by atoms with E-state index in [0.29, 0.717) is 0 Å². The molecule has 0 aromatic heterocycles. The Morgan fingerprint density at radius 1 is 0.769 bits per heavy atom. The monoisotopic (exact) mass is 304 g/mol. The minimum atomic E-state index is -1.30. The van der Waals surface area contributed by atoms with Crippen molar-refractivity contribution in [2.24, 2.45) is 0 Å². The Hall–Kier alpha value is 1.28. The van der Waals surface area contributed by atoms with Crippen LogP contribution in [0, 0.1) is 0 Å². The van der Waals surface area contributed by atoms with Crippen LogP contribution < -0.4 is 0 Å². The lowest BCUT2D eigenvalue weighted by atomic mass is 10.1. The third-order valence-corrected chi connectivity index (χ3v) is 4.77. The van der Waals surface area contributed by atoms with Crippen molar-refractivity contribution >= 4 is 45.5 Å². The second-order valence-electron chi connectivity index (χ2n) is 3.34. The normalized spacial score (nSPS) is 11.1. The van der Waals surface area contributed by atoms with Gasteiger partial charge >= 0.3 is 0 Å². The van der Waals surface area contributed by atoms with Gasteiger partial charge in [-0.3, -0.25) is 0 Å². The molecule has 0 saturated carbocycles. The largest absolute Gasteiger partial charge is 0.237 e. The van der Waals surface area contributed by atoms with E-state index in [4.69, 9.17) is 22.2 Å². The molecular formula is C9H19BrCl2Si. The highest BCUT2D eigenvalue weighted by Gasteiger charge is 2.00.